The van der Waals surface area contributed by atoms with Crippen LogP contribution in [0, 0.1) is 11.6 Å². The highest BCUT2D eigenvalue weighted by Gasteiger charge is 2.24. The summed E-state index contributed by atoms with van der Waals surface area (Å²) in [5.41, 5.74) is 0.370. The van der Waals surface area contributed by atoms with Gasteiger partial charge in [0.2, 0.25) is 5.91 Å². The van der Waals surface area contributed by atoms with Crippen molar-refractivity contribution in [2.24, 2.45) is 0 Å². The first-order valence-electron chi connectivity index (χ1n) is 14.9. The van der Waals surface area contributed by atoms with Crippen molar-refractivity contribution in [3.63, 3.8) is 0 Å². The van der Waals surface area contributed by atoms with Crippen molar-refractivity contribution in [3.05, 3.63) is 59.4 Å². The lowest BCUT2D eigenvalue weighted by Gasteiger charge is -2.35. The van der Waals surface area contributed by atoms with E-state index in [4.69, 9.17) is 19.3 Å². The summed E-state index contributed by atoms with van der Waals surface area (Å²) in [6.45, 7) is 2.11. The van der Waals surface area contributed by atoms with E-state index in [9.17, 15) is 18.1 Å². The van der Waals surface area contributed by atoms with Crippen molar-refractivity contribution in [2.45, 2.75) is 44.6 Å². The van der Waals surface area contributed by atoms with E-state index in [2.05, 4.69) is 35.0 Å². The van der Waals surface area contributed by atoms with Gasteiger partial charge < -0.3 is 34.8 Å². The molecular weight excluding hydrogens is 657 g/mol. The number of likely N-dealkylation sites (tertiary alicyclic amines) is 1. The molecule has 4 N–H and O–H groups in total. The van der Waals surface area contributed by atoms with E-state index in [1.165, 1.54) is 43.1 Å². The van der Waals surface area contributed by atoms with Crippen LogP contribution >= 0.6 is 19.2 Å². The van der Waals surface area contributed by atoms with E-state index < -0.39 is 25.4 Å². The Labute approximate surface area is 273 Å². The first-order valence-corrected chi connectivity index (χ1v) is 17.3. The Morgan fingerprint density at radius 2 is 2.00 bits per heavy atom. The number of amides is 1. The van der Waals surface area contributed by atoms with Crippen molar-refractivity contribution < 1.29 is 41.9 Å². The van der Waals surface area contributed by atoms with Crippen molar-refractivity contribution in [1.82, 2.24) is 19.9 Å². The Hall–Kier alpha value is -3.79. The third kappa shape index (κ3) is 9.62. The number of methoxy groups -OCH3 is 1. The van der Waals surface area contributed by atoms with Gasteiger partial charge in [-0.15, -0.1) is 11.3 Å². The molecule has 0 radical (unpaired) electrons. The Morgan fingerprint density at radius 1 is 1.15 bits per heavy atom. The monoisotopic (exact) mass is 692 g/mol. The summed E-state index contributed by atoms with van der Waals surface area (Å²) in [5, 5.41) is 6.65. The number of nitrogens with zero attached hydrogens (tertiary/aromatic N) is 4. The maximum absolute atomic E-state index is 13.9. The number of nitrogens with one attached hydrogen (secondary N) is 2. The van der Waals surface area contributed by atoms with Crippen molar-refractivity contribution in [2.75, 3.05) is 44.0 Å². The smallest absolute Gasteiger partial charge is 0.469 e. The van der Waals surface area contributed by atoms with E-state index in [1.807, 2.05) is 0 Å². The number of carbonyl (C=O) groups excluding carboxylic acids is 1. The Kier molecular flexibility index (Phi) is 11.7. The third-order valence-electron chi connectivity index (χ3n) is 7.57. The van der Waals surface area contributed by atoms with Crippen molar-refractivity contribution in [3.8, 4) is 11.5 Å². The summed E-state index contributed by atoms with van der Waals surface area (Å²) in [5.74, 6) is -1.21. The van der Waals surface area contributed by atoms with Crippen LogP contribution in [0.5, 0.6) is 11.5 Å². The van der Waals surface area contributed by atoms with Crippen LogP contribution in [-0.4, -0.2) is 75.0 Å². The molecule has 4 aromatic rings. The van der Waals surface area contributed by atoms with Crippen molar-refractivity contribution in [1.29, 1.82) is 0 Å². The zero-order valence-electron chi connectivity index (χ0n) is 25.5. The van der Waals surface area contributed by atoms with Gasteiger partial charge >= 0.3 is 7.82 Å². The lowest BCUT2D eigenvalue weighted by molar-refractivity contribution is -0.115. The number of aromatic nitrogens is 3. The number of thiazole rings is 1. The maximum Gasteiger partial charge on any atom is 0.469 e. The van der Waals surface area contributed by atoms with Gasteiger partial charge in [-0.1, -0.05) is 12.5 Å². The van der Waals surface area contributed by atoms with Crippen molar-refractivity contribution >= 4 is 52.6 Å². The molecule has 252 valence electrons. The van der Waals surface area contributed by atoms with Crippen LogP contribution in [0.3, 0.4) is 0 Å². The van der Waals surface area contributed by atoms with E-state index in [1.54, 1.807) is 12.1 Å². The summed E-state index contributed by atoms with van der Waals surface area (Å²) >= 11 is 1.21. The molecule has 47 heavy (non-hydrogen) atoms. The normalized spacial score (nSPS) is 15.5. The summed E-state index contributed by atoms with van der Waals surface area (Å²) in [6, 6.07) is 7.31. The Morgan fingerprint density at radius 3 is 2.81 bits per heavy atom. The van der Waals surface area contributed by atoms with Gasteiger partial charge in [-0.2, -0.15) is 0 Å². The molecule has 2 aromatic heterocycles. The molecule has 2 aromatic carbocycles. The van der Waals surface area contributed by atoms with Gasteiger partial charge in [-0.25, -0.2) is 28.3 Å². The fraction of sp³-hybridized carbons (Fsp3) is 0.400. The second-order valence-corrected chi connectivity index (χ2v) is 13.2. The number of phosphoric acid groups is 1. The highest BCUT2D eigenvalue weighted by molar-refractivity contribution is 7.46. The molecular formula is C30H35F2N6O7PS. The molecule has 5 rings (SSSR count). The molecule has 13 nitrogen and oxygen atoms in total. The Bertz CT molecular complexity index is 1740. The number of piperidine rings is 1. The summed E-state index contributed by atoms with van der Waals surface area (Å²) in [6.07, 6.45) is 7.22. The van der Waals surface area contributed by atoms with Crippen LogP contribution in [0.4, 0.5) is 25.4 Å². The SMILES string of the molecule is COc1cc2c(Nc3ncc(CC(=O)Nc4cccc(F)c4F)s3)ncnc2cc1OCCCN1CCCCC1CCOP(=O)(O)O. The lowest BCUT2D eigenvalue weighted by Crippen LogP contribution is -2.41. The molecule has 0 spiro atoms. The summed E-state index contributed by atoms with van der Waals surface area (Å²) < 4.78 is 54.7. The second-order valence-electron chi connectivity index (χ2n) is 10.8. The van der Waals surface area contributed by atoms with Crippen LogP contribution < -0.4 is 20.1 Å². The quantitative estimate of drug-likeness (QED) is 0.0924. The number of halogens is 2. The number of rotatable bonds is 15. The molecule has 1 aliphatic rings. The molecule has 1 atom stereocenters. The number of ether oxygens (including phenoxy) is 2. The maximum atomic E-state index is 13.9. The molecule has 0 aliphatic carbocycles. The Balaban J connectivity index is 1.17. The van der Waals surface area contributed by atoms with Crippen LogP contribution in [0.2, 0.25) is 0 Å². The standard InChI is InChI=1S/C30H35F2N6O7PS/c1-43-25-15-21-24(16-26(25)44-12-5-11-38-10-3-2-6-19(38)9-13-45-46(40,41)42)34-18-35-29(21)37-30-33-17-20(47-30)14-27(39)36-23-8-4-7-22(31)28(23)32/h4,7-8,15-19H,2-3,5-6,9-14H2,1H3,(H,36,39)(H2,40,41,42)(H,33,34,35,37). The van der Waals surface area contributed by atoms with Gasteiger partial charge in [0.05, 0.1) is 37.9 Å². The minimum atomic E-state index is -4.47. The number of benzene rings is 2. The molecule has 0 bridgehead atoms. The van der Waals surface area contributed by atoms with Gasteiger partial charge in [-0.3, -0.25) is 9.32 Å². The number of phosphoric ester groups is 1. The van der Waals surface area contributed by atoms with E-state index in [0.717, 1.165) is 44.8 Å². The molecule has 1 fully saturated rings. The van der Waals surface area contributed by atoms with Crippen LogP contribution in [0.15, 0.2) is 42.9 Å². The van der Waals surface area contributed by atoms with Gasteiger partial charge in [0.15, 0.2) is 28.3 Å². The van der Waals surface area contributed by atoms with Gasteiger partial charge in [0, 0.05) is 35.1 Å². The van der Waals surface area contributed by atoms with Crippen LogP contribution in [0.25, 0.3) is 10.9 Å². The number of carbonyl (C=O) groups is 1. The van der Waals surface area contributed by atoms with Crippen LogP contribution in [0.1, 0.15) is 37.0 Å². The van der Waals surface area contributed by atoms with Crippen LogP contribution in [-0.2, 0) is 20.3 Å². The first kappa shape index (κ1) is 34.5. The molecule has 1 unspecified atom stereocenters. The predicted octanol–water partition coefficient (Wildman–Crippen LogP) is 5.42. The molecule has 17 heteroatoms. The molecule has 1 aliphatic heterocycles. The molecule has 1 amide bonds. The fourth-order valence-electron chi connectivity index (χ4n) is 5.38. The van der Waals surface area contributed by atoms with E-state index in [-0.39, 0.29) is 24.8 Å². The van der Waals surface area contributed by atoms with E-state index >= 15 is 0 Å². The largest absolute Gasteiger partial charge is 0.493 e. The predicted molar refractivity (Wildman–Crippen MR) is 172 cm³/mol. The number of hydrogen-bond acceptors (Lipinski definition) is 11. The number of anilines is 3. The highest BCUT2D eigenvalue weighted by Crippen LogP contribution is 2.37. The topological polar surface area (TPSA) is 168 Å². The van der Waals surface area contributed by atoms with Gasteiger partial charge in [-0.05, 0) is 50.4 Å². The zero-order chi connectivity index (χ0) is 33.4. The minimum absolute atomic E-state index is 0.0100. The number of fused-ring (bicyclic) bond motifs is 1. The summed E-state index contributed by atoms with van der Waals surface area (Å²) in [7, 11) is -2.94. The summed E-state index contributed by atoms with van der Waals surface area (Å²) in [4.78, 5) is 46.3. The van der Waals surface area contributed by atoms with Gasteiger partial charge in [0.1, 0.15) is 12.1 Å². The average Bonchev–Trinajstić information content (AvgIpc) is 3.47. The second kappa shape index (κ2) is 15.9. The molecule has 3 heterocycles. The third-order valence-corrected chi connectivity index (χ3v) is 9.00. The molecule has 0 saturated carbocycles. The highest BCUT2D eigenvalue weighted by atomic mass is 32.1. The zero-order valence-corrected chi connectivity index (χ0v) is 27.2. The molecule has 1 saturated heterocycles. The fourth-order valence-corrected chi connectivity index (χ4v) is 6.53. The minimum Gasteiger partial charge on any atom is -0.493 e. The van der Waals surface area contributed by atoms with E-state index in [0.29, 0.717) is 51.3 Å². The number of hydrogen-bond donors (Lipinski definition) is 4. The first-order chi connectivity index (χ1) is 22.6. The average molecular weight is 693 g/mol. The van der Waals surface area contributed by atoms with Gasteiger partial charge in [0.25, 0.3) is 0 Å². The lowest BCUT2D eigenvalue weighted by atomic mass is 9.99.